The van der Waals surface area contributed by atoms with Gasteiger partial charge in [0.05, 0.1) is 25.2 Å². The first-order valence-electron chi connectivity index (χ1n) is 18.3. The van der Waals surface area contributed by atoms with Gasteiger partial charge in [0.15, 0.2) is 11.6 Å². The lowest BCUT2D eigenvalue weighted by molar-refractivity contribution is 0.0988. The van der Waals surface area contributed by atoms with Gasteiger partial charge in [-0.15, -0.1) is 0 Å². The van der Waals surface area contributed by atoms with E-state index in [9.17, 15) is 9.59 Å². The molecule has 0 bridgehead atoms. The molecule has 1 aliphatic heterocycles. The molecule has 0 unspecified atom stereocenters. The largest absolute Gasteiger partial charge is 0.312 e. The molecule has 44 heavy (non-hydrogen) atoms. The van der Waals surface area contributed by atoms with Crippen LogP contribution in [0.5, 0.6) is 0 Å². The average Bonchev–Trinajstić information content (AvgIpc) is 3.50. The molecule has 0 atom stereocenters. The van der Waals surface area contributed by atoms with Gasteiger partial charge in [-0.1, -0.05) is 91.5 Å². The lowest BCUT2D eigenvalue weighted by atomic mass is 9.67. The highest BCUT2D eigenvalue weighted by Crippen LogP contribution is 2.60. The first kappa shape index (κ1) is 21.0. The highest BCUT2D eigenvalue weighted by molar-refractivity contribution is 6.40. The molecule has 3 nitrogen and oxygen atoms in total. The number of anilines is 2. The number of allylic oxidation sites excluding steroid dienone is 4. The summed E-state index contributed by atoms with van der Waals surface area (Å²) in [6.07, 6.45) is 8.41. The van der Waals surface area contributed by atoms with Crippen molar-refractivity contribution in [3.8, 4) is 0 Å². The third-order valence-electron chi connectivity index (χ3n) is 9.71. The van der Waals surface area contributed by atoms with Gasteiger partial charge in [0, 0.05) is 22.2 Å². The number of hydrogen-bond donors (Lipinski definition) is 0. The summed E-state index contributed by atoms with van der Waals surface area (Å²) in [6.45, 7) is 6.31. The molecule has 1 fully saturated rings. The molecule has 0 saturated heterocycles. The molecule has 1 heterocycles. The molecule has 216 valence electrons. The van der Waals surface area contributed by atoms with Gasteiger partial charge in [0.1, 0.15) is 0 Å². The lowest BCUT2D eigenvalue weighted by Gasteiger charge is -2.38. The number of benzene rings is 5. The van der Waals surface area contributed by atoms with Crippen LogP contribution in [0.15, 0.2) is 108 Å². The van der Waals surface area contributed by atoms with Crippen molar-refractivity contribution in [2.24, 2.45) is 0 Å². The molecule has 5 aromatic rings. The Bertz CT molecular complexity index is 2360. The number of carbonyl (C=O) groups excluding carboxylic acids is 2. The first-order chi connectivity index (χ1) is 23.9. The number of carbonyl (C=O) groups is 2. The molecule has 5 aromatic carbocycles. The zero-order valence-corrected chi connectivity index (χ0v) is 25.1. The predicted octanol–water partition coefficient (Wildman–Crippen LogP) is 10.2. The van der Waals surface area contributed by atoms with E-state index in [1.54, 1.807) is 6.08 Å². The van der Waals surface area contributed by atoms with Crippen molar-refractivity contribution in [2.45, 2.75) is 58.3 Å². The number of hydrogen-bond acceptors (Lipinski definition) is 3. The van der Waals surface area contributed by atoms with Crippen molar-refractivity contribution in [2.75, 3.05) is 4.90 Å². The summed E-state index contributed by atoms with van der Waals surface area (Å²) in [5.74, 6) is -1.41. The van der Waals surface area contributed by atoms with Crippen LogP contribution in [0.4, 0.5) is 11.4 Å². The average molecular weight is 580 g/mol. The van der Waals surface area contributed by atoms with E-state index < -0.39 is 53.2 Å². The third kappa shape index (κ3) is 3.81. The Kier molecular flexibility index (Phi) is 4.72. The van der Waals surface area contributed by atoms with Gasteiger partial charge in [0.2, 0.25) is 0 Å². The molecule has 0 radical (unpaired) electrons. The Labute approximate surface area is 266 Å². The summed E-state index contributed by atoms with van der Waals surface area (Å²) < 4.78 is 51.0. The predicted molar refractivity (Wildman–Crippen MR) is 180 cm³/mol. The molecule has 2 aliphatic carbocycles. The minimum Gasteiger partial charge on any atom is -0.312 e. The normalized spacial score (nSPS) is 20.0. The monoisotopic (exact) mass is 579 g/mol. The molecular formula is C41H35NO2. The molecule has 1 spiro atoms. The fourth-order valence-electron chi connectivity index (χ4n) is 7.98. The second-order valence-electron chi connectivity index (χ2n) is 12.4. The second-order valence-corrected chi connectivity index (χ2v) is 12.4. The van der Waals surface area contributed by atoms with E-state index in [1.165, 1.54) is 10.9 Å². The van der Waals surface area contributed by atoms with Gasteiger partial charge >= 0.3 is 0 Å². The van der Waals surface area contributed by atoms with Gasteiger partial charge in [-0.05, 0) is 102 Å². The van der Waals surface area contributed by atoms with Crippen LogP contribution in [-0.4, -0.2) is 11.6 Å². The summed E-state index contributed by atoms with van der Waals surface area (Å²) >= 11 is 0. The summed E-state index contributed by atoms with van der Waals surface area (Å²) in [5, 5.41) is 1.88. The Balaban J connectivity index is 1.40. The van der Waals surface area contributed by atoms with Crippen LogP contribution in [-0.2, 0) is 5.41 Å². The van der Waals surface area contributed by atoms with E-state index in [1.807, 2.05) is 12.1 Å². The Morgan fingerprint density at radius 3 is 2.07 bits per heavy atom. The second kappa shape index (κ2) is 9.89. The molecule has 0 aromatic heterocycles. The van der Waals surface area contributed by atoms with Gasteiger partial charge in [0.25, 0.3) is 0 Å². The molecule has 3 heteroatoms. The van der Waals surface area contributed by atoms with Crippen LogP contribution in [0.25, 0.3) is 21.5 Å². The van der Waals surface area contributed by atoms with E-state index in [4.69, 9.17) is 8.22 Å². The fraction of sp³-hybridized carbons (Fsp3) is 0.220. The zero-order chi connectivity index (χ0) is 35.4. The minimum atomic E-state index is -0.706. The molecular weight excluding hydrogens is 538 g/mol. The third-order valence-corrected chi connectivity index (χ3v) is 9.71. The van der Waals surface area contributed by atoms with Crippen LogP contribution in [0, 0.1) is 20.8 Å². The van der Waals surface area contributed by atoms with Crippen LogP contribution in [0.3, 0.4) is 0 Å². The van der Waals surface area contributed by atoms with E-state index in [-0.39, 0.29) is 27.5 Å². The maximum Gasteiger partial charge on any atom is 0.197 e. The maximum atomic E-state index is 14.1. The lowest BCUT2D eigenvalue weighted by Crippen LogP contribution is -2.32. The summed E-state index contributed by atoms with van der Waals surface area (Å²) in [5.41, 5.74) is 6.62. The minimum absolute atomic E-state index is 0.177. The Morgan fingerprint density at radius 2 is 1.41 bits per heavy atom. The van der Waals surface area contributed by atoms with Crippen molar-refractivity contribution in [1.29, 1.82) is 0 Å². The van der Waals surface area contributed by atoms with Crippen LogP contribution < -0.4 is 4.90 Å². The summed E-state index contributed by atoms with van der Waals surface area (Å²) in [7, 11) is 0. The Hall–Kier alpha value is -4.76. The standard InChI is InChI=1S/C41H35NO2/c1-25-21-26(2)38(27(3)22-25)42-35-17-15-28-11-7-8-14-31(28)37(35)41(19-9-4-10-20-41)36(42)18-16-32-39(43)33-23-29-12-5-6-13-30(29)24-34(33)40(32)44/h5-8,11-18,21-24H,4,9-10,19-20H2,1-3H3/b36-18+/i5D,6D,12D,13D,23D,24D. The summed E-state index contributed by atoms with van der Waals surface area (Å²) in [6, 6.07) is 14.1. The smallest absolute Gasteiger partial charge is 0.197 e. The molecule has 8 rings (SSSR count). The number of fused-ring (bicyclic) bond motifs is 6. The SMILES string of the molecule is [2H]c1c([2H])c([2H])c2c([2H])c3c(c([2H])c2c1[2H])C(=O)C(=C/C=C1/N(c2c(C)cc(C)cc2C)c2ccc4ccccc4c2C12CCCCC2)C3=O. The van der Waals surface area contributed by atoms with Crippen molar-refractivity contribution in [1.82, 2.24) is 0 Å². The Morgan fingerprint density at radius 1 is 0.773 bits per heavy atom. The maximum absolute atomic E-state index is 14.1. The fourth-order valence-corrected chi connectivity index (χ4v) is 7.98. The van der Waals surface area contributed by atoms with E-state index in [0.29, 0.717) is 0 Å². The quantitative estimate of drug-likeness (QED) is 0.154. The molecule has 3 aliphatic rings. The zero-order valence-electron chi connectivity index (χ0n) is 31.1. The van der Waals surface area contributed by atoms with E-state index in [2.05, 4.69) is 68.1 Å². The molecule has 0 N–H and O–H groups in total. The van der Waals surface area contributed by atoms with E-state index >= 15 is 0 Å². The van der Waals surface area contributed by atoms with Crippen LogP contribution >= 0.6 is 0 Å². The number of ketones is 2. The van der Waals surface area contributed by atoms with Gasteiger partial charge in [-0.3, -0.25) is 9.59 Å². The van der Waals surface area contributed by atoms with Gasteiger partial charge in [-0.2, -0.15) is 0 Å². The first-order valence-corrected chi connectivity index (χ1v) is 15.3. The number of aryl methyl sites for hydroxylation is 3. The van der Waals surface area contributed by atoms with Crippen LogP contribution in [0.1, 0.15) is 83.3 Å². The van der Waals surface area contributed by atoms with Gasteiger partial charge < -0.3 is 4.90 Å². The van der Waals surface area contributed by atoms with Gasteiger partial charge in [-0.25, -0.2) is 0 Å². The van der Waals surface area contributed by atoms with Crippen molar-refractivity contribution < 1.29 is 17.8 Å². The molecule has 1 saturated carbocycles. The highest BCUT2D eigenvalue weighted by Gasteiger charge is 2.49. The number of rotatable bonds is 2. The van der Waals surface area contributed by atoms with Crippen molar-refractivity contribution in [3.63, 3.8) is 0 Å². The van der Waals surface area contributed by atoms with Crippen molar-refractivity contribution in [3.05, 3.63) is 142 Å². The number of Topliss-reactive ketones (excluding diaryl/α,β-unsaturated/α-hetero) is 2. The van der Waals surface area contributed by atoms with Crippen molar-refractivity contribution >= 4 is 44.5 Å². The van der Waals surface area contributed by atoms with E-state index in [0.717, 1.165) is 71.3 Å². The molecule has 0 amide bonds. The van der Waals surface area contributed by atoms with Crippen LogP contribution in [0.2, 0.25) is 0 Å². The number of nitrogens with zero attached hydrogens (tertiary/aromatic N) is 1. The highest BCUT2D eigenvalue weighted by atomic mass is 16.2. The summed E-state index contributed by atoms with van der Waals surface area (Å²) in [4.78, 5) is 30.5. The topological polar surface area (TPSA) is 37.4 Å².